The minimum atomic E-state index is 0.0224. The summed E-state index contributed by atoms with van der Waals surface area (Å²) in [5.41, 5.74) is 2.80. The van der Waals surface area contributed by atoms with E-state index in [9.17, 15) is 0 Å². The zero-order valence-electron chi connectivity index (χ0n) is 11.4. The second kappa shape index (κ2) is 4.13. The summed E-state index contributed by atoms with van der Waals surface area (Å²) in [5, 5.41) is 1.35. The number of benzene rings is 1. The first-order valence-corrected chi connectivity index (χ1v) is 6.74. The highest BCUT2D eigenvalue weighted by Gasteiger charge is 2.29. The smallest absolute Gasteiger partial charge is 0.0632 e. The molecule has 0 radical (unpaired) electrons. The van der Waals surface area contributed by atoms with Gasteiger partial charge in [-0.25, -0.2) is 0 Å². The molecule has 96 valence electrons. The molecule has 1 fully saturated rings. The maximum atomic E-state index is 5.80. The van der Waals surface area contributed by atoms with Crippen LogP contribution in [0.25, 0.3) is 10.9 Å². The van der Waals surface area contributed by atoms with Gasteiger partial charge >= 0.3 is 0 Å². The van der Waals surface area contributed by atoms with Gasteiger partial charge in [0.1, 0.15) is 0 Å². The number of rotatable bonds is 1. The number of hydrogen-bond acceptors (Lipinski definition) is 1. The van der Waals surface area contributed by atoms with E-state index in [1.165, 1.54) is 16.5 Å². The molecule has 2 nitrogen and oxygen atoms in total. The minimum absolute atomic E-state index is 0.0224. The van der Waals surface area contributed by atoms with Gasteiger partial charge in [-0.2, -0.15) is 0 Å². The maximum absolute atomic E-state index is 5.80. The first-order chi connectivity index (χ1) is 8.55. The Labute approximate surface area is 109 Å². The highest BCUT2D eigenvalue weighted by Crippen LogP contribution is 2.36. The summed E-state index contributed by atoms with van der Waals surface area (Å²) in [6, 6.07) is 9.08. The lowest BCUT2D eigenvalue weighted by molar-refractivity contribution is -0.0592. The summed E-state index contributed by atoms with van der Waals surface area (Å²) >= 11 is 0. The topological polar surface area (TPSA) is 14.2 Å². The van der Waals surface area contributed by atoms with Crippen LogP contribution in [0.15, 0.2) is 30.5 Å². The predicted octanol–water partition coefficient (Wildman–Crippen LogP) is 3.85. The lowest BCUT2D eigenvalue weighted by Crippen LogP contribution is -2.32. The molecule has 2 aromatic rings. The highest BCUT2D eigenvalue weighted by atomic mass is 16.5. The van der Waals surface area contributed by atoms with Crippen LogP contribution in [0.1, 0.15) is 38.2 Å². The van der Waals surface area contributed by atoms with Gasteiger partial charge in [0.25, 0.3) is 0 Å². The third kappa shape index (κ3) is 2.05. The molecule has 0 N–H and O–H groups in total. The van der Waals surface area contributed by atoms with Crippen LogP contribution in [0.4, 0.5) is 0 Å². The molecule has 1 aromatic carbocycles. The van der Waals surface area contributed by atoms with Crippen molar-refractivity contribution in [3.63, 3.8) is 0 Å². The number of aromatic nitrogens is 1. The lowest BCUT2D eigenvalue weighted by Gasteiger charge is -2.35. The van der Waals surface area contributed by atoms with Crippen LogP contribution < -0.4 is 0 Å². The lowest BCUT2D eigenvalue weighted by atomic mass is 9.83. The van der Waals surface area contributed by atoms with Crippen LogP contribution in [0.2, 0.25) is 0 Å². The molecule has 2 heterocycles. The van der Waals surface area contributed by atoms with Crippen LogP contribution in [-0.2, 0) is 11.8 Å². The monoisotopic (exact) mass is 243 g/mol. The Bertz CT molecular complexity index is 567. The van der Waals surface area contributed by atoms with Crippen LogP contribution in [0.5, 0.6) is 0 Å². The predicted molar refractivity (Wildman–Crippen MR) is 74.9 cm³/mol. The molecule has 1 aliphatic heterocycles. The molecule has 1 atom stereocenters. The number of ether oxygens (including phenoxy) is 1. The van der Waals surface area contributed by atoms with Crippen molar-refractivity contribution < 1.29 is 4.74 Å². The minimum Gasteiger partial charge on any atom is -0.376 e. The molecule has 0 bridgehead atoms. The van der Waals surface area contributed by atoms with Gasteiger partial charge in [-0.1, -0.05) is 6.07 Å². The van der Waals surface area contributed by atoms with E-state index in [0.29, 0.717) is 5.92 Å². The second-order valence-corrected chi connectivity index (χ2v) is 6.04. The first-order valence-electron chi connectivity index (χ1n) is 6.74. The van der Waals surface area contributed by atoms with Crippen molar-refractivity contribution >= 4 is 10.9 Å². The molecule has 2 heteroatoms. The van der Waals surface area contributed by atoms with E-state index in [4.69, 9.17) is 4.74 Å². The molecule has 18 heavy (non-hydrogen) atoms. The summed E-state index contributed by atoms with van der Waals surface area (Å²) in [6.07, 6.45) is 4.38. The van der Waals surface area contributed by atoms with Gasteiger partial charge in [-0.05, 0) is 61.8 Å². The highest BCUT2D eigenvalue weighted by molar-refractivity contribution is 5.80. The number of aryl methyl sites for hydroxylation is 1. The Hall–Kier alpha value is -1.28. The summed E-state index contributed by atoms with van der Waals surface area (Å²) in [7, 11) is 2.10. The van der Waals surface area contributed by atoms with E-state index in [0.717, 1.165) is 19.4 Å². The molecule has 0 spiro atoms. The Morgan fingerprint density at radius 1 is 1.28 bits per heavy atom. The number of fused-ring (bicyclic) bond motifs is 1. The standard InChI is InChI=1S/C16H21NO/c1-16(2)11-14(7-9-18-16)12-4-5-15-13(10-12)6-8-17(15)3/h4-6,8,10,14H,7,9,11H2,1-3H3. The molecule has 0 amide bonds. The van der Waals surface area contributed by atoms with Crippen molar-refractivity contribution in [1.29, 1.82) is 0 Å². The van der Waals surface area contributed by atoms with E-state index in [1.807, 2.05) is 0 Å². The van der Waals surface area contributed by atoms with Crippen molar-refractivity contribution in [2.45, 2.75) is 38.2 Å². The maximum Gasteiger partial charge on any atom is 0.0632 e. The van der Waals surface area contributed by atoms with Crippen molar-refractivity contribution in [3.05, 3.63) is 36.0 Å². The molecule has 1 saturated heterocycles. The van der Waals surface area contributed by atoms with Gasteiger partial charge in [0.15, 0.2) is 0 Å². The van der Waals surface area contributed by atoms with Gasteiger partial charge in [0.05, 0.1) is 5.60 Å². The summed E-state index contributed by atoms with van der Waals surface area (Å²) in [6.45, 7) is 5.27. The Morgan fingerprint density at radius 2 is 2.11 bits per heavy atom. The fraction of sp³-hybridized carbons (Fsp3) is 0.500. The van der Waals surface area contributed by atoms with Gasteiger partial charge < -0.3 is 9.30 Å². The molecule has 1 unspecified atom stereocenters. The fourth-order valence-electron chi connectivity index (χ4n) is 3.07. The third-order valence-electron chi connectivity index (χ3n) is 4.08. The van der Waals surface area contributed by atoms with Crippen molar-refractivity contribution in [1.82, 2.24) is 4.57 Å². The van der Waals surface area contributed by atoms with E-state index >= 15 is 0 Å². The zero-order chi connectivity index (χ0) is 12.8. The van der Waals surface area contributed by atoms with Crippen molar-refractivity contribution in [2.24, 2.45) is 7.05 Å². The average Bonchev–Trinajstić information content (AvgIpc) is 2.69. The Kier molecular flexibility index (Phi) is 2.70. The summed E-state index contributed by atoms with van der Waals surface area (Å²) < 4.78 is 7.98. The normalized spacial score (nSPS) is 23.4. The zero-order valence-corrected chi connectivity index (χ0v) is 11.4. The van der Waals surface area contributed by atoms with Gasteiger partial charge in [0, 0.05) is 25.4 Å². The largest absolute Gasteiger partial charge is 0.376 e. The van der Waals surface area contributed by atoms with Crippen molar-refractivity contribution in [3.8, 4) is 0 Å². The SMILES string of the molecule is Cn1ccc2cc(C3CCOC(C)(C)C3)ccc21. The number of hydrogen-bond donors (Lipinski definition) is 0. The van der Waals surface area contributed by atoms with Crippen molar-refractivity contribution in [2.75, 3.05) is 6.61 Å². The van der Waals surface area contributed by atoms with Crippen LogP contribution in [0.3, 0.4) is 0 Å². The van der Waals surface area contributed by atoms with Gasteiger partial charge in [-0.3, -0.25) is 0 Å². The second-order valence-electron chi connectivity index (χ2n) is 6.04. The summed E-state index contributed by atoms with van der Waals surface area (Å²) in [4.78, 5) is 0. The molecule has 1 aromatic heterocycles. The quantitative estimate of drug-likeness (QED) is 0.742. The van der Waals surface area contributed by atoms with E-state index in [2.05, 4.69) is 55.9 Å². The molecule has 0 saturated carbocycles. The van der Waals surface area contributed by atoms with E-state index in [-0.39, 0.29) is 5.60 Å². The van der Waals surface area contributed by atoms with E-state index < -0.39 is 0 Å². The van der Waals surface area contributed by atoms with Crippen LogP contribution in [-0.4, -0.2) is 16.8 Å². The Balaban J connectivity index is 1.94. The molecular weight excluding hydrogens is 222 g/mol. The summed E-state index contributed by atoms with van der Waals surface area (Å²) in [5.74, 6) is 0.637. The fourth-order valence-corrected chi connectivity index (χ4v) is 3.07. The third-order valence-corrected chi connectivity index (χ3v) is 4.08. The molecule has 1 aliphatic rings. The molecule has 3 rings (SSSR count). The Morgan fingerprint density at radius 3 is 2.89 bits per heavy atom. The first kappa shape index (κ1) is 11.8. The average molecular weight is 243 g/mol. The molecular formula is C16H21NO. The van der Waals surface area contributed by atoms with E-state index in [1.54, 1.807) is 0 Å². The number of nitrogens with zero attached hydrogens (tertiary/aromatic N) is 1. The van der Waals surface area contributed by atoms with Gasteiger partial charge in [-0.15, -0.1) is 0 Å². The molecule has 0 aliphatic carbocycles. The van der Waals surface area contributed by atoms with Crippen LogP contribution >= 0.6 is 0 Å². The van der Waals surface area contributed by atoms with Crippen LogP contribution in [0, 0.1) is 0 Å². The van der Waals surface area contributed by atoms with Gasteiger partial charge in [0.2, 0.25) is 0 Å².